The van der Waals surface area contributed by atoms with Gasteiger partial charge in [-0.1, -0.05) is 11.6 Å². The van der Waals surface area contributed by atoms with E-state index in [1.54, 1.807) is 23.7 Å². The summed E-state index contributed by atoms with van der Waals surface area (Å²) in [6.07, 6.45) is 2.80. The molecule has 0 radical (unpaired) electrons. The fourth-order valence-electron chi connectivity index (χ4n) is 2.77. The van der Waals surface area contributed by atoms with Crippen molar-refractivity contribution in [2.45, 2.75) is 19.3 Å². The molecule has 2 aromatic carbocycles. The van der Waals surface area contributed by atoms with E-state index < -0.39 is 11.7 Å². The number of methoxy groups -OCH3 is 1. The number of ether oxygens (including phenoxy) is 2. The monoisotopic (exact) mass is 434 g/mol. The minimum absolute atomic E-state index is 0.00287. The Bertz CT molecular complexity index is 1050. The molecular weight excluding hydrogens is 415 g/mol. The molecule has 0 fully saturated rings. The van der Waals surface area contributed by atoms with Crippen LogP contribution < -0.4 is 20.3 Å². The second-order valence-corrected chi connectivity index (χ2v) is 6.74. The highest BCUT2D eigenvalue weighted by molar-refractivity contribution is 6.31. The van der Waals surface area contributed by atoms with Gasteiger partial charge in [0.25, 0.3) is 0 Å². The van der Waals surface area contributed by atoms with Crippen molar-refractivity contribution in [2.75, 3.05) is 19.0 Å². The zero-order chi connectivity index (χ0) is 21.5. The van der Waals surface area contributed by atoms with Crippen LogP contribution in [0.1, 0.15) is 19.3 Å². The van der Waals surface area contributed by atoms with Gasteiger partial charge in [-0.05, 0) is 37.1 Å². The molecule has 8 nitrogen and oxygen atoms in total. The van der Waals surface area contributed by atoms with E-state index in [4.69, 9.17) is 26.3 Å². The summed E-state index contributed by atoms with van der Waals surface area (Å²) in [6.45, 7) is 0.366. The summed E-state index contributed by atoms with van der Waals surface area (Å²) in [6, 6.07) is 7.78. The number of hydroxylamine groups is 1. The summed E-state index contributed by atoms with van der Waals surface area (Å²) in [7, 11) is 1.52. The lowest BCUT2D eigenvalue weighted by atomic mass is 10.2. The Kier molecular flexibility index (Phi) is 7.21. The first kappa shape index (κ1) is 21.5. The van der Waals surface area contributed by atoms with E-state index in [9.17, 15) is 9.18 Å². The summed E-state index contributed by atoms with van der Waals surface area (Å²) in [5.41, 5.74) is 2.79. The number of carbonyl (C=O) groups excluding carboxylic acids is 1. The number of nitrogens with zero attached hydrogens (tertiary/aromatic N) is 2. The highest BCUT2D eigenvalue weighted by Gasteiger charge is 2.12. The maximum absolute atomic E-state index is 13.4. The predicted molar refractivity (Wildman–Crippen MR) is 110 cm³/mol. The van der Waals surface area contributed by atoms with Crippen molar-refractivity contribution >= 4 is 39.9 Å². The van der Waals surface area contributed by atoms with Crippen LogP contribution in [0, 0.1) is 5.82 Å². The Morgan fingerprint density at radius 2 is 2.03 bits per heavy atom. The number of anilines is 2. The predicted octanol–water partition coefficient (Wildman–Crippen LogP) is 4.23. The average Bonchev–Trinajstić information content (AvgIpc) is 2.75. The molecule has 3 rings (SSSR count). The molecular formula is C20H20ClFN4O4. The van der Waals surface area contributed by atoms with Gasteiger partial charge in [0.2, 0.25) is 5.91 Å². The molecule has 0 atom stereocenters. The van der Waals surface area contributed by atoms with Crippen LogP contribution in [0.2, 0.25) is 5.02 Å². The number of rotatable bonds is 9. The van der Waals surface area contributed by atoms with Crippen molar-refractivity contribution in [1.29, 1.82) is 0 Å². The van der Waals surface area contributed by atoms with E-state index in [2.05, 4.69) is 15.3 Å². The number of fused-ring (bicyclic) bond motifs is 1. The quantitative estimate of drug-likeness (QED) is 0.263. The number of carbonyl (C=O) groups is 1. The minimum Gasteiger partial charge on any atom is -0.493 e. The number of amides is 1. The third-order valence-electron chi connectivity index (χ3n) is 4.28. The van der Waals surface area contributed by atoms with Crippen LogP contribution >= 0.6 is 11.6 Å². The summed E-state index contributed by atoms with van der Waals surface area (Å²) >= 11 is 5.84. The van der Waals surface area contributed by atoms with E-state index in [-0.39, 0.29) is 11.4 Å². The van der Waals surface area contributed by atoms with Gasteiger partial charge in [-0.15, -0.1) is 0 Å². The first-order valence-electron chi connectivity index (χ1n) is 9.12. The van der Waals surface area contributed by atoms with Crippen LogP contribution in [0.4, 0.5) is 15.9 Å². The van der Waals surface area contributed by atoms with Crippen molar-refractivity contribution < 1.29 is 23.9 Å². The molecule has 0 bridgehead atoms. The number of hydrogen-bond acceptors (Lipinski definition) is 7. The maximum Gasteiger partial charge on any atom is 0.243 e. The van der Waals surface area contributed by atoms with Crippen LogP contribution in [0.3, 0.4) is 0 Å². The number of unbranched alkanes of at least 4 members (excludes halogenated alkanes) is 1. The second-order valence-electron chi connectivity index (χ2n) is 6.34. The van der Waals surface area contributed by atoms with Crippen molar-refractivity contribution in [2.24, 2.45) is 0 Å². The summed E-state index contributed by atoms with van der Waals surface area (Å²) in [4.78, 5) is 19.6. The van der Waals surface area contributed by atoms with E-state index in [0.717, 1.165) is 0 Å². The number of aromatic nitrogens is 2. The molecule has 30 heavy (non-hydrogen) atoms. The molecule has 1 amide bonds. The third-order valence-corrected chi connectivity index (χ3v) is 4.57. The van der Waals surface area contributed by atoms with Crippen molar-refractivity contribution in [1.82, 2.24) is 15.4 Å². The number of hydrogen-bond donors (Lipinski definition) is 3. The fraction of sp³-hybridized carbons (Fsp3) is 0.250. The molecule has 10 heteroatoms. The molecule has 1 heterocycles. The highest BCUT2D eigenvalue weighted by Crippen LogP contribution is 2.35. The largest absolute Gasteiger partial charge is 0.493 e. The first-order valence-corrected chi connectivity index (χ1v) is 9.50. The van der Waals surface area contributed by atoms with Gasteiger partial charge in [0, 0.05) is 23.6 Å². The number of benzene rings is 2. The van der Waals surface area contributed by atoms with E-state index >= 15 is 0 Å². The van der Waals surface area contributed by atoms with Gasteiger partial charge in [-0.3, -0.25) is 10.0 Å². The lowest BCUT2D eigenvalue weighted by Crippen LogP contribution is -2.18. The Labute approximate surface area is 177 Å². The number of halogens is 2. The normalized spacial score (nSPS) is 10.7. The van der Waals surface area contributed by atoms with Gasteiger partial charge in [0.05, 0.1) is 24.3 Å². The zero-order valence-corrected chi connectivity index (χ0v) is 16.9. The van der Waals surface area contributed by atoms with Gasteiger partial charge in [0.15, 0.2) is 11.5 Å². The summed E-state index contributed by atoms with van der Waals surface area (Å²) in [5, 5.41) is 12.3. The third kappa shape index (κ3) is 5.25. The van der Waals surface area contributed by atoms with Crippen LogP contribution in [-0.2, 0) is 4.79 Å². The smallest absolute Gasteiger partial charge is 0.243 e. The van der Waals surface area contributed by atoms with Gasteiger partial charge in [-0.25, -0.2) is 19.8 Å². The SMILES string of the molecule is COc1cc2c(Nc3ccc(F)c(Cl)c3)ncnc2cc1OCCCCC(=O)NO. The average molecular weight is 435 g/mol. The molecule has 0 saturated heterocycles. The molecule has 158 valence electrons. The van der Waals surface area contributed by atoms with E-state index in [1.807, 2.05) is 0 Å². The minimum atomic E-state index is -0.504. The Balaban J connectivity index is 1.78. The van der Waals surface area contributed by atoms with Gasteiger partial charge >= 0.3 is 0 Å². The van der Waals surface area contributed by atoms with Gasteiger partial charge < -0.3 is 14.8 Å². The molecule has 3 aromatic rings. The van der Waals surface area contributed by atoms with Crippen LogP contribution in [0.5, 0.6) is 11.5 Å². The lowest BCUT2D eigenvalue weighted by Gasteiger charge is -2.14. The van der Waals surface area contributed by atoms with Gasteiger partial charge in [-0.2, -0.15) is 0 Å². The molecule has 0 aliphatic rings. The Hall–Kier alpha value is -3.17. The number of nitrogens with one attached hydrogen (secondary N) is 2. The van der Waals surface area contributed by atoms with Crippen molar-refractivity contribution in [3.8, 4) is 11.5 Å². The maximum atomic E-state index is 13.4. The highest BCUT2D eigenvalue weighted by atomic mass is 35.5. The summed E-state index contributed by atoms with van der Waals surface area (Å²) < 4.78 is 24.6. The molecule has 1 aromatic heterocycles. The molecule has 0 saturated carbocycles. The molecule has 0 unspecified atom stereocenters. The standard InChI is InChI=1S/C20H20ClFN4O4/c1-29-17-9-13-16(10-18(17)30-7-3-2-4-19(27)26-28)23-11-24-20(13)25-12-5-6-15(22)14(21)8-12/h5-6,8-11,28H,2-4,7H2,1H3,(H,26,27)(H,23,24,25). The second kappa shape index (κ2) is 10.0. The fourth-order valence-corrected chi connectivity index (χ4v) is 2.95. The first-order chi connectivity index (χ1) is 14.5. The molecule has 0 aliphatic heterocycles. The Morgan fingerprint density at radius 3 is 2.77 bits per heavy atom. The molecule has 0 spiro atoms. The Morgan fingerprint density at radius 1 is 1.20 bits per heavy atom. The topological polar surface area (TPSA) is 106 Å². The molecule has 0 aliphatic carbocycles. The zero-order valence-electron chi connectivity index (χ0n) is 16.1. The van der Waals surface area contributed by atoms with Crippen LogP contribution in [-0.4, -0.2) is 34.8 Å². The van der Waals surface area contributed by atoms with E-state index in [1.165, 1.54) is 25.6 Å². The van der Waals surface area contributed by atoms with Crippen molar-refractivity contribution in [3.63, 3.8) is 0 Å². The van der Waals surface area contributed by atoms with Crippen LogP contribution in [0.25, 0.3) is 10.9 Å². The lowest BCUT2D eigenvalue weighted by molar-refractivity contribution is -0.129. The van der Waals surface area contributed by atoms with Crippen molar-refractivity contribution in [3.05, 3.63) is 47.5 Å². The molecule has 3 N–H and O–H groups in total. The van der Waals surface area contributed by atoms with Gasteiger partial charge in [0.1, 0.15) is 18.0 Å². The summed E-state index contributed by atoms with van der Waals surface area (Å²) in [5.74, 6) is 0.562. The van der Waals surface area contributed by atoms with E-state index in [0.29, 0.717) is 53.4 Å². The van der Waals surface area contributed by atoms with Crippen LogP contribution in [0.15, 0.2) is 36.7 Å².